The van der Waals surface area contributed by atoms with Gasteiger partial charge in [-0.1, -0.05) is 0 Å². The summed E-state index contributed by atoms with van der Waals surface area (Å²) in [5.41, 5.74) is -0.208. The van der Waals surface area contributed by atoms with Gasteiger partial charge >= 0.3 is 5.69 Å². The van der Waals surface area contributed by atoms with E-state index in [9.17, 15) is 15.2 Å². The van der Waals surface area contributed by atoms with E-state index in [1.54, 1.807) is 11.4 Å². The number of thiophene rings is 1. The van der Waals surface area contributed by atoms with Crippen molar-refractivity contribution in [2.75, 3.05) is 0 Å². The van der Waals surface area contributed by atoms with E-state index >= 15 is 0 Å². The first-order valence-corrected chi connectivity index (χ1v) is 5.60. The van der Waals surface area contributed by atoms with Gasteiger partial charge in [-0.15, -0.1) is 11.3 Å². The zero-order chi connectivity index (χ0) is 10.3. The topological polar surface area (TPSA) is 63.4 Å². The molecule has 0 aliphatic heterocycles. The summed E-state index contributed by atoms with van der Waals surface area (Å²) in [5.74, 6) is -0.230. The molecule has 0 amide bonds. The molecule has 1 heterocycles. The van der Waals surface area contributed by atoms with Gasteiger partial charge in [0, 0.05) is 0 Å². The quantitative estimate of drug-likeness (QED) is 0.499. The normalized spacial score (nSPS) is 10.6. The van der Waals surface area contributed by atoms with Crippen LogP contribution in [0.3, 0.4) is 0 Å². The fourth-order valence-corrected chi connectivity index (χ4v) is 2.83. The van der Waals surface area contributed by atoms with Crippen LogP contribution in [0, 0.1) is 13.7 Å². The molecule has 0 aliphatic carbocycles. The fraction of sp³-hybridized carbons (Fsp3) is 0. The largest absolute Gasteiger partial charge is 0.501 e. The van der Waals surface area contributed by atoms with Crippen LogP contribution in [0.2, 0.25) is 0 Å². The number of aromatic hydroxyl groups is 1. The Morgan fingerprint density at radius 3 is 2.93 bits per heavy atom. The Hall–Kier alpha value is -0.890. The van der Waals surface area contributed by atoms with E-state index < -0.39 is 4.92 Å². The maximum Gasteiger partial charge on any atom is 0.325 e. The number of benzene rings is 1. The van der Waals surface area contributed by atoms with E-state index in [1.165, 1.54) is 11.3 Å². The van der Waals surface area contributed by atoms with Crippen molar-refractivity contribution in [1.29, 1.82) is 0 Å². The molecule has 0 saturated carbocycles. The van der Waals surface area contributed by atoms with Gasteiger partial charge in [0.05, 0.1) is 13.2 Å². The molecule has 0 radical (unpaired) electrons. The summed E-state index contributed by atoms with van der Waals surface area (Å²) in [6.07, 6.45) is 0. The number of hydrogen-bond acceptors (Lipinski definition) is 4. The van der Waals surface area contributed by atoms with Crippen molar-refractivity contribution >= 4 is 49.7 Å². The molecule has 0 unspecified atom stereocenters. The van der Waals surface area contributed by atoms with Crippen LogP contribution in [0.1, 0.15) is 0 Å². The maximum atomic E-state index is 10.7. The molecule has 14 heavy (non-hydrogen) atoms. The number of hydrogen-bond donors (Lipinski definition) is 1. The average molecular weight is 321 g/mol. The van der Waals surface area contributed by atoms with Crippen molar-refractivity contribution in [2.24, 2.45) is 0 Å². The Balaban J connectivity index is 2.89. The summed E-state index contributed by atoms with van der Waals surface area (Å²) in [7, 11) is 0. The summed E-state index contributed by atoms with van der Waals surface area (Å²) < 4.78 is 1.02. The van der Waals surface area contributed by atoms with E-state index in [2.05, 4.69) is 0 Å². The van der Waals surface area contributed by atoms with Gasteiger partial charge in [-0.25, -0.2) is 0 Å². The average Bonchev–Trinajstić information content (AvgIpc) is 2.50. The molecule has 0 saturated heterocycles. The highest BCUT2D eigenvalue weighted by molar-refractivity contribution is 14.1. The smallest absolute Gasteiger partial charge is 0.325 e. The number of nitro groups is 1. The van der Waals surface area contributed by atoms with Gasteiger partial charge in [0.1, 0.15) is 0 Å². The van der Waals surface area contributed by atoms with Crippen molar-refractivity contribution in [3.8, 4) is 5.75 Å². The third kappa shape index (κ3) is 1.34. The molecule has 1 N–H and O–H groups in total. The molecule has 0 bridgehead atoms. The Labute approximate surface area is 96.5 Å². The third-order valence-electron chi connectivity index (χ3n) is 1.83. The fourth-order valence-electron chi connectivity index (χ4n) is 1.22. The number of nitro benzene ring substituents is 1. The van der Waals surface area contributed by atoms with E-state index in [-0.39, 0.29) is 11.4 Å². The van der Waals surface area contributed by atoms with E-state index in [4.69, 9.17) is 0 Å². The zero-order valence-corrected chi connectivity index (χ0v) is 9.70. The number of phenolic OH excluding ortho intramolecular Hbond substituents is 1. The monoisotopic (exact) mass is 321 g/mol. The minimum Gasteiger partial charge on any atom is -0.501 e. The molecule has 0 spiro atoms. The SMILES string of the molecule is O=[N+]([O-])c1c(I)cc2ccsc2c1O. The highest BCUT2D eigenvalue weighted by Crippen LogP contribution is 2.40. The van der Waals surface area contributed by atoms with Crippen LogP contribution >= 0.6 is 33.9 Å². The Morgan fingerprint density at radius 1 is 1.57 bits per heavy atom. The third-order valence-corrected chi connectivity index (χ3v) is 3.59. The van der Waals surface area contributed by atoms with Crippen LogP contribution in [0.15, 0.2) is 17.5 Å². The summed E-state index contributed by atoms with van der Waals surface area (Å²) in [6.45, 7) is 0. The van der Waals surface area contributed by atoms with Gasteiger partial charge in [0.2, 0.25) is 5.75 Å². The van der Waals surface area contributed by atoms with E-state index in [0.29, 0.717) is 8.27 Å². The molecule has 72 valence electrons. The second kappa shape index (κ2) is 3.35. The number of nitrogens with zero attached hydrogens (tertiary/aromatic N) is 1. The highest BCUT2D eigenvalue weighted by Gasteiger charge is 2.21. The molecule has 0 fully saturated rings. The minimum absolute atomic E-state index is 0.208. The lowest BCUT2D eigenvalue weighted by Crippen LogP contribution is -1.91. The predicted octanol–water partition coefficient (Wildman–Crippen LogP) is 3.12. The molecule has 0 aliphatic rings. The van der Waals surface area contributed by atoms with Crippen LogP contribution in [0.25, 0.3) is 10.1 Å². The summed E-state index contributed by atoms with van der Waals surface area (Å²) in [6, 6.07) is 3.52. The predicted molar refractivity (Wildman–Crippen MR) is 62.9 cm³/mol. The second-order valence-corrected chi connectivity index (χ2v) is 4.73. The molecule has 6 heteroatoms. The van der Waals surface area contributed by atoms with Crippen LogP contribution in [-0.4, -0.2) is 10.0 Å². The molecule has 4 nitrogen and oxygen atoms in total. The first kappa shape index (κ1) is 9.66. The Morgan fingerprint density at radius 2 is 2.29 bits per heavy atom. The summed E-state index contributed by atoms with van der Waals surface area (Å²) in [5, 5.41) is 22.9. The molecule has 2 rings (SSSR count). The molecule has 1 aromatic heterocycles. The molecule has 0 atom stereocenters. The number of phenols is 1. The first-order chi connectivity index (χ1) is 6.61. The molecule has 1 aromatic carbocycles. The van der Waals surface area contributed by atoms with Gasteiger partial charge < -0.3 is 5.11 Å². The Kier molecular flexibility index (Phi) is 2.31. The van der Waals surface area contributed by atoms with Crippen LogP contribution in [0.5, 0.6) is 5.75 Å². The standard InChI is InChI=1S/C8H4INO3S/c9-5-3-4-1-2-14-8(4)7(11)6(5)10(12)13/h1-3,11H. The van der Waals surface area contributed by atoms with Crippen molar-refractivity contribution in [1.82, 2.24) is 0 Å². The van der Waals surface area contributed by atoms with Gasteiger partial charge in [0.15, 0.2) is 0 Å². The zero-order valence-electron chi connectivity index (χ0n) is 6.73. The number of halogens is 1. The van der Waals surface area contributed by atoms with Gasteiger partial charge in [-0.2, -0.15) is 0 Å². The number of fused-ring (bicyclic) bond motifs is 1. The van der Waals surface area contributed by atoms with E-state index in [0.717, 1.165) is 5.39 Å². The van der Waals surface area contributed by atoms with Crippen LogP contribution in [-0.2, 0) is 0 Å². The lowest BCUT2D eigenvalue weighted by molar-refractivity contribution is -0.386. The van der Waals surface area contributed by atoms with Crippen molar-refractivity contribution in [2.45, 2.75) is 0 Å². The lowest BCUT2D eigenvalue weighted by Gasteiger charge is -1.99. The molecular weight excluding hydrogens is 317 g/mol. The Bertz CT molecular complexity index is 523. The van der Waals surface area contributed by atoms with Gasteiger partial charge in [-0.3, -0.25) is 10.1 Å². The van der Waals surface area contributed by atoms with E-state index in [1.807, 2.05) is 28.7 Å². The molecular formula is C8H4INO3S. The minimum atomic E-state index is -0.559. The number of rotatable bonds is 1. The first-order valence-electron chi connectivity index (χ1n) is 3.64. The van der Waals surface area contributed by atoms with Crippen molar-refractivity contribution in [3.63, 3.8) is 0 Å². The maximum absolute atomic E-state index is 10.7. The summed E-state index contributed by atoms with van der Waals surface area (Å²) >= 11 is 3.15. The molecule has 2 aromatic rings. The van der Waals surface area contributed by atoms with Crippen molar-refractivity contribution in [3.05, 3.63) is 31.2 Å². The van der Waals surface area contributed by atoms with Crippen LogP contribution in [0.4, 0.5) is 5.69 Å². The lowest BCUT2D eigenvalue weighted by atomic mass is 10.2. The van der Waals surface area contributed by atoms with Crippen LogP contribution < -0.4 is 0 Å². The summed E-state index contributed by atoms with van der Waals surface area (Å²) in [4.78, 5) is 10.1. The van der Waals surface area contributed by atoms with Gasteiger partial charge in [0.25, 0.3) is 0 Å². The van der Waals surface area contributed by atoms with Crippen molar-refractivity contribution < 1.29 is 10.0 Å². The second-order valence-electron chi connectivity index (χ2n) is 2.65. The highest BCUT2D eigenvalue weighted by atomic mass is 127. The van der Waals surface area contributed by atoms with Gasteiger partial charge in [-0.05, 0) is 45.5 Å².